The number of benzene rings is 3. The fourth-order valence-electron chi connectivity index (χ4n) is 4.19. The fraction of sp³-hybridized carbons (Fsp3) is 0.276. The van der Waals surface area contributed by atoms with Crippen molar-refractivity contribution in [3.63, 3.8) is 0 Å². The Morgan fingerprint density at radius 3 is 2.39 bits per heavy atom. The van der Waals surface area contributed by atoms with Gasteiger partial charge in [0.15, 0.2) is 9.84 Å². The van der Waals surface area contributed by atoms with Crippen LogP contribution in [0.25, 0.3) is 10.8 Å². The topological polar surface area (TPSA) is 121 Å². The Labute approximate surface area is 222 Å². The number of nitrogens with one attached hydrogen (secondary N) is 3. The van der Waals surface area contributed by atoms with Crippen LogP contribution in [0.3, 0.4) is 0 Å². The lowest BCUT2D eigenvalue weighted by molar-refractivity contribution is -0.139. The summed E-state index contributed by atoms with van der Waals surface area (Å²) in [5.74, 6) is -1.94. The van der Waals surface area contributed by atoms with Crippen molar-refractivity contribution in [1.29, 1.82) is 0 Å². The number of fused-ring (bicyclic) bond motifs is 1. The molecule has 4 rings (SSSR count). The molecular weight excluding hydrogens is 502 g/mol. The van der Waals surface area contributed by atoms with E-state index in [9.17, 15) is 22.8 Å². The van der Waals surface area contributed by atoms with E-state index in [0.29, 0.717) is 30.4 Å². The van der Waals surface area contributed by atoms with E-state index in [4.69, 9.17) is 0 Å². The van der Waals surface area contributed by atoms with Crippen molar-refractivity contribution in [2.45, 2.75) is 44.0 Å². The second-order valence-electron chi connectivity index (χ2n) is 9.31. The maximum Gasteiger partial charge on any atom is 0.309 e. The summed E-state index contributed by atoms with van der Waals surface area (Å²) in [5, 5.41) is 11.1. The molecule has 1 fully saturated rings. The molecule has 0 radical (unpaired) electrons. The highest BCUT2D eigenvalue weighted by molar-refractivity contribution is 7.95. The summed E-state index contributed by atoms with van der Waals surface area (Å²) < 4.78 is 23.6. The third-order valence-electron chi connectivity index (χ3n) is 6.42. The molecule has 0 aliphatic heterocycles. The average molecular weight is 534 g/mol. The summed E-state index contributed by atoms with van der Waals surface area (Å²) in [5.41, 5.74) is 1.98. The van der Waals surface area contributed by atoms with Crippen LogP contribution in [-0.2, 0) is 26.0 Å². The Kier molecular flexibility index (Phi) is 8.58. The maximum atomic E-state index is 13.1. The van der Waals surface area contributed by atoms with E-state index in [1.165, 1.54) is 11.5 Å². The third-order valence-corrected chi connectivity index (χ3v) is 8.39. The van der Waals surface area contributed by atoms with Crippen LogP contribution in [0.1, 0.15) is 53.7 Å². The highest BCUT2D eigenvalue weighted by Gasteiger charge is 2.33. The highest BCUT2D eigenvalue weighted by atomic mass is 32.2. The molecule has 3 N–H and O–H groups in total. The molecule has 1 aliphatic rings. The molecule has 0 saturated heterocycles. The Morgan fingerprint density at radius 2 is 1.61 bits per heavy atom. The number of rotatable bonds is 10. The van der Waals surface area contributed by atoms with Gasteiger partial charge in [-0.2, -0.15) is 0 Å². The van der Waals surface area contributed by atoms with Gasteiger partial charge >= 0.3 is 11.8 Å². The Morgan fingerprint density at radius 1 is 0.921 bits per heavy atom. The first-order valence-corrected chi connectivity index (χ1v) is 14.2. The number of amides is 3. The minimum Gasteiger partial charge on any atom is -0.348 e. The monoisotopic (exact) mass is 533 g/mol. The van der Waals surface area contributed by atoms with Crippen molar-refractivity contribution < 1.29 is 22.8 Å². The molecular formula is C29H31N3O5S. The summed E-state index contributed by atoms with van der Waals surface area (Å²) in [6.45, 7) is 2.05. The molecule has 1 aliphatic carbocycles. The standard InChI is InChI=1S/C29H31N3O5S/c1-20(24-14-8-11-21-9-2-4-12-25(21)24)32-27(33)26-13-5-3-10-22(26)19-31-29(35)28(34)30-17-6-7-18-38(36,37)23-15-16-23/h2-5,7-14,18,20,23H,6,15-17,19H2,1H3,(H,30,34)(H,31,35)(H,32,33)/b18-7+/t20-/m1/s1. The van der Waals surface area contributed by atoms with Gasteiger partial charge in [0.05, 0.1) is 11.3 Å². The first kappa shape index (κ1) is 27.1. The number of carbonyl (C=O) groups is 3. The van der Waals surface area contributed by atoms with Crippen LogP contribution in [0, 0.1) is 0 Å². The van der Waals surface area contributed by atoms with Gasteiger partial charge in [-0.05, 0) is 54.2 Å². The number of hydrogen-bond acceptors (Lipinski definition) is 5. The highest BCUT2D eigenvalue weighted by Crippen LogP contribution is 2.29. The average Bonchev–Trinajstić information content (AvgIpc) is 3.77. The molecule has 198 valence electrons. The van der Waals surface area contributed by atoms with Gasteiger partial charge in [-0.3, -0.25) is 14.4 Å². The van der Waals surface area contributed by atoms with Crippen LogP contribution >= 0.6 is 0 Å². The predicted octanol–water partition coefficient (Wildman–Crippen LogP) is 3.54. The first-order valence-electron chi connectivity index (χ1n) is 12.6. The van der Waals surface area contributed by atoms with Crippen molar-refractivity contribution in [2.24, 2.45) is 0 Å². The molecule has 1 saturated carbocycles. The Balaban J connectivity index is 1.30. The summed E-state index contributed by atoms with van der Waals surface area (Å²) >= 11 is 0. The maximum absolute atomic E-state index is 13.1. The molecule has 9 heteroatoms. The molecule has 3 aromatic rings. The lowest BCUT2D eigenvalue weighted by atomic mass is 9.99. The molecule has 8 nitrogen and oxygen atoms in total. The van der Waals surface area contributed by atoms with Crippen LogP contribution in [0.2, 0.25) is 0 Å². The molecule has 0 heterocycles. The molecule has 0 spiro atoms. The minimum absolute atomic E-state index is 0.00195. The fourth-order valence-corrected chi connectivity index (χ4v) is 5.61. The SMILES string of the molecule is C[C@@H](NC(=O)c1ccccc1CNC(=O)C(=O)NCC/C=C/S(=O)(=O)C1CC1)c1cccc2ccccc12. The molecule has 0 bridgehead atoms. The number of hydrogen-bond donors (Lipinski definition) is 3. The van der Waals surface area contributed by atoms with E-state index >= 15 is 0 Å². The lowest BCUT2D eigenvalue weighted by Crippen LogP contribution is -2.40. The van der Waals surface area contributed by atoms with Crippen LogP contribution in [-0.4, -0.2) is 37.9 Å². The molecule has 3 amide bonds. The van der Waals surface area contributed by atoms with E-state index in [-0.39, 0.29) is 30.3 Å². The molecule has 3 aromatic carbocycles. The van der Waals surface area contributed by atoms with Gasteiger partial charge in [-0.15, -0.1) is 0 Å². The summed E-state index contributed by atoms with van der Waals surface area (Å²) in [4.78, 5) is 37.5. The third kappa shape index (κ3) is 6.86. The summed E-state index contributed by atoms with van der Waals surface area (Å²) in [6, 6.07) is 20.6. The zero-order chi connectivity index (χ0) is 27.1. The number of carbonyl (C=O) groups excluding carboxylic acids is 3. The van der Waals surface area contributed by atoms with Crippen molar-refractivity contribution in [3.8, 4) is 0 Å². The molecule has 1 atom stereocenters. The van der Waals surface area contributed by atoms with Crippen molar-refractivity contribution in [3.05, 3.63) is 94.9 Å². The van der Waals surface area contributed by atoms with Gasteiger partial charge in [-0.25, -0.2) is 8.42 Å². The van der Waals surface area contributed by atoms with Gasteiger partial charge in [0, 0.05) is 24.1 Å². The van der Waals surface area contributed by atoms with Gasteiger partial charge in [0.25, 0.3) is 5.91 Å². The van der Waals surface area contributed by atoms with Crippen LogP contribution in [0.15, 0.2) is 78.2 Å². The lowest BCUT2D eigenvalue weighted by Gasteiger charge is -2.18. The van der Waals surface area contributed by atoms with Gasteiger partial charge in [-0.1, -0.05) is 66.7 Å². The van der Waals surface area contributed by atoms with Crippen LogP contribution in [0.5, 0.6) is 0 Å². The van der Waals surface area contributed by atoms with Crippen molar-refractivity contribution >= 4 is 38.3 Å². The van der Waals surface area contributed by atoms with E-state index in [1.54, 1.807) is 24.3 Å². The van der Waals surface area contributed by atoms with Crippen molar-refractivity contribution in [2.75, 3.05) is 6.54 Å². The Bertz CT molecular complexity index is 1470. The minimum atomic E-state index is -3.19. The second-order valence-corrected chi connectivity index (χ2v) is 11.4. The van der Waals surface area contributed by atoms with Crippen LogP contribution in [0.4, 0.5) is 0 Å². The van der Waals surface area contributed by atoms with E-state index < -0.39 is 21.7 Å². The Hall–Kier alpha value is -3.98. The predicted molar refractivity (Wildman–Crippen MR) is 147 cm³/mol. The van der Waals surface area contributed by atoms with E-state index in [1.807, 2.05) is 49.4 Å². The zero-order valence-electron chi connectivity index (χ0n) is 21.1. The van der Waals surface area contributed by atoms with Gasteiger partial charge in [0.1, 0.15) is 0 Å². The van der Waals surface area contributed by atoms with Gasteiger partial charge in [0.2, 0.25) is 0 Å². The van der Waals surface area contributed by atoms with Crippen molar-refractivity contribution in [1.82, 2.24) is 16.0 Å². The van der Waals surface area contributed by atoms with Crippen LogP contribution < -0.4 is 16.0 Å². The normalized spacial score (nSPS) is 14.2. The van der Waals surface area contributed by atoms with E-state index in [2.05, 4.69) is 16.0 Å². The van der Waals surface area contributed by atoms with E-state index in [0.717, 1.165) is 16.3 Å². The second kappa shape index (κ2) is 12.0. The quantitative estimate of drug-likeness (QED) is 0.272. The zero-order valence-corrected chi connectivity index (χ0v) is 22.0. The summed E-state index contributed by atoms with van der Waals surface area (Å²) in [6.07, 6.45) is 3.16. The summed E-state index contributed by atoms with van der Waals surface area (Å²) in [7, 11) is -3.19. The number of sulfone groups is 1. The first-order chi connectivity index (χ1) is 18.3. The molecule has 0 unspecified atom stereocenters. The molecule has 0 aromatic heterocycles. The molecule has 38 heavy (non-hydrogen) atoms. The largest absolute Gasteiger partial charge is 0.348 e. The smallest absolute Gasteiger partial charge is 0.309 e. The van der Waals surface area contributed by atoms with Gasteiger partial charge < -0.3 is 16.0 Å².